The van der Waals surface area contributed by atoms with Crippen LogP contribution in [0, 0.1) is 6.92 Å². The van der Waals surface area contributed by atoms with Gasteiger partial charge in [-0.05, 0) is 24.6 Å². The molecule has 0 spiro atoms. The second-order valence-electron chi connectivity index (χ2n) is 7.89. The number of aryl methyl sites for hydroxylation is 1. The van der Waals surface area contributed by atoms with E-state index in [0.717, 1.165) is 5.56 Å². The Balaban J connectivity index is 1.52. The number of ether oxygens (including phenoxy) is 3. The molecule has 1 aliphatic heterocycles. The van der Waals surface area contributed by atoms with Crippen LogP contribution in [0.3, 0.4) is 0 Å². The highest BCUT2D eigenvalue weighted by Gasteiger charge is 2.29. The second kappa shape index (κ2) is 8.20. The molecule has 0 radical (unpaired) electrons. The van der Waals surface area contributed by atoms with Gasteiger partial charge in [0.15, 0.2) is 18.2 Å². The molecule has 5 rings (SSSR count). The number of methoxy groups -OCH3 is 1. The maximum Gasteiger partial charge on any atom is 0.422 e. The molecule has 178 valence electrons. The van der Waals surface area contributed by atoms with E-state index in [1.54, 1.807) is 29.9 Å². The first-order valence-corrected chi connectivity index (χ1v) is 10.3. The lowest BCUT2D eigenvalue weighted by atomic mass is 10.1. The predicted octanol–water partition coefficient (Wildman–Crippen LogP) is 3.82. The fraction of sp³-hybridized carbons (Fsp3) is 0.318. The number of hydrogen-bond acceptors (Lipinski definition) is 7. The van der Waals surface area contributed by atoms with Gasteiger partial charge in [0.1, 0.15) is 0 Å². The molecule has 12 heteroatoms. The van der Waals surface area contributed by atoms with Crippen molar-refractivity contribution in [3.8, 4) is 34.6 Å². The van der Waals surface area contributed by atoms with Crippen molar-refractivity contribution in [3.05, 3.63) is 42.4 Å². The monoisotopic (exact) mass is 475 g/mol. The molecule has 0 aromatic carbocycles. The lowest BCUT2D eigenvalue weighted by Gasteiger charge is -2.25. The first-order chi connectivity index (χ1) is 16.2. The van der Waals surface area contributed by atoms with Crippen LogP contribution in [0.2, 0.25) is 0 Å². The predicted molar refractivity (Wildman–Crippen MR) is 114 cm³/mol. The number of alkyl halides is 3. The molecule has 5 heterocycles. The zero-order valence-electron chi connectivity index (χ0n) is 18.2. The molecular weight excluding hydrogens is 455 g/mol. The Morgan fingerprint density at radius 3 is 2.74 bits per heavy atom. The Bertz CT molecular complexity index is 1360. The van der Waals surface area contributed by atoms with E-state index in [1.165, 1.54) is 23.9 Å². The SMILES string of the molecule is COc1ncc(-c2cc(C)c3c(O)n(-c4ccn(C5COC5)n4)cc3n2)cc1OCC(F)(F)F. The summed E-state index contributed by atoms with van der Waals surface area (Å²) in [5.74, 6) is 0.297. The number of halogens is 3. The molecule has 0 atom stereocenters. The van der Waals surface area contributed by atoms with Crippen LogP contribution in [0.25, 0.3) is 28.0 Å². The molecule has 1 saturated heterocycles. The summed E-state index contributed by atoms with van der Waals surface area (Å²) in [6.07, 6.45) is 0.410. The van der Waals surface area contributed by atoms with Gasteiger partial charge in [0.2, 0.25) is 5.88 Å². The molecule has 0 amide bonds. The average molecular weight is 475 g/mol. The number of aromatic nitrogens is 5. The minimum absolute atomic E-state index is 0.0104. The Labute approximate surface area is 191 Å². The van der Waals surface area contributed by atoms with Crippen molar-refractivity contribution in [1.82, 2.24) is 24.3 Å². The number of rotatable bonds is 6. The Kier molecular flexibility index (Phi) is 5.31. The van der Waals surface area contributed by atoms with Crippen molar-refractivity contribution < 1.29 is 32.5 Å². The van der Waals surface area contributed by atoms with Gasteiger partial charge in [-0.1, -0.05) is 0 Å². The van der Waals surface area contributed by atoms with Crippen LogP contribution < -0.4 is 9.47 Å². The van der Waals surface area contributed by atoms with E-state index in [9.17, 15) is 18.3 Å². The van der Waals surface area contributed by atoms with Gasteiger partial charge in [0, 0.05) is 30.2 Å². The van der Waals surface area contributed by atoms with Gasteiger partial charge in [-0.25, -0.2) is 9.97 Å². The fourth-order valence-electron chi connectivity index (χ4n) is 3.73. The van der Waals surface area contributed by atoms with Gasteiger partial charge in [0.25, 0.3) is 5.88 Å². The quantitative estimate of drug-likeness (QED) is 0.453. The van der Waals surface area contributed by atoms with Gasteiger partial charge >= 0.3 is 6.18 Å². The smallest absolute Gasteiger partial charge is 0.422 e. The number of fused-ring (bicyclic) bond motifs is 1. The number of pyridine rings is 2. The van der Waals surface area contributed by atoms with Crippen LogP contribution >= 0.6 is 0 Å². The van der Waals surface area contributed by atoms with Crippen LogP contribution in [0.1, 0.15) is 11.6 Å². The van der Waals surface area contributed by atoms with E-state index in [4.69, 9.17) is 14.2 Å². The van der Waals surface area contributed by atoms with E-state index in [0.29, 0.717) is 41.2 Å². The van der Waals surface area contributed by atoms with Gasteiger partial charge in [-0.3, -0.25) is 9.25 Å². The number of hydrogen-bond donors (Lipinski definition) is 1. The van der Waals surface area contributed by atoms with Gasteiger partial charge < -0.3 is 19.3 Å². The number of aromatic hydroxyl groups is 1. The van der Waals surface area contributed by atoms with Crippen molar-refractivity contribution >= 4 is 10.9 Å². The normalized spacial score (nSPS) is 14.4. The lowest BCUT2D eigenvalue weighted by Crippen LogP contribution is -2.31. The molecule has 1 aliphatic rings. The first-order valence-electron chi connectivity index (χ1n) is 10.3. The summed E-state index contributed by atoms with van der Waals surface area (Å²) in [5.41, 5.74) is 2.09. The zero-order valence-corrected chi connectivity index (χ0v) is 18.2. The topological polar surface area (TPSA) is 96.5 Å². The third kappa shape index (κ3) is 4.00. The molecule has 0 aliphatic carbocycles. The summed E-state index contributed by atoms with van der Waals surface area (Å²) in [6.45, 7) is 1.51. The third-order valence-electron chi connectivity index (χ3n) is 5.48. The summed E-state index contributed by atoms with van der Waals surface area (Å²) in [5, 5.41) is 15.9. The van der Waals surface area contributed by atoms with E-state index >= 15 is 0 Å². The van der Waals surface area contributed by atoms with Gasteiger partial charge in [-0.15, -0.1) is 0 Å². The van der Waals surface area contributed by atoms with E-state index in [2.05, 4.69) is 15.1 Å². The lowest BCUT2D eigenvalue weighted by molar-refractivity contribution is -0.153. The Hall–Kier alpha value is -3.80. The highest BCUT2D eigenvalue weighted by molar-refractivity contribution is 5.90. The first kappa shape index (κ1) is 22.0. The summed E-state index contributed by atoms with van der Waals surface area (Å²) < 4.78 is 56.3. The van der Waals surface area contributed by atoms with Crippen LogP contribution in [0.5, 0.6) is 17.5 Å². The summed E-state index contributed by atoms with van der Waals surface area (Å²) in [7, 11) is 1.29. The van der Waals surface area contributed by atoms with Crippen molar-refractivity contribution in [3.63, 3.8) is 0 Å². The fourth-order valence-corrected chi connectivity index (χ4v) is 3.73. The van der Waals surface area contributed by atoms with Crippen LogP contribution in [-0.2, 0) is 4.74 Å². The standard InChI is InChI=1S/C22H20F3N5O4/c1-12-5-15(13-6-17(20(32-2)26-7-13)34-11-22(23,24)25)27-16-8-29(21(31)19(12)16)18-3-4-30(28-18)14-9-33-10-14/h3-8,14,31H,9-11H2,1-2H3. The third-order valence-corrected chi connectivity index (χ3v) is 5.48. The summed E-state index contributed by atoms with van der Waals surface area (Å²) in [6, 6.07) is 5.06. The summed E-state index contributed by atoms with van der Waals surface area (Å²) >= 11 is 0. The van der Waals surface area contributed by atoms with Gasteiger partial charge in [0.05, 0.1) is 43.0 Å². The molecule has 9 nitrogen and oxygen atoms in total. The molecule has 1 N–H and O–H groups in total. The second-order valence-corrected chi connectivity index (χ2v) is 7.89. The molecular formula is C22H20F3N5O4. The van der Waals surface area contributed by atoms with E-state index in [1.807, 2.05) is 6.20 Å². The highest BCUT2D eigenvalue weighted by Crippen LogP contribution is 2.36. The maximum atomic E-state index is 12.6. The number of nitrogens with zero attached hydrogens (tertiary/aromatic N) is 5. The molecule has 0 unspecified atom stereocenters. The van der Waals surface area contributed by atoms with Crippen molar-refractivity contribution in [2.75, 3.05) is 26.9 Å². The minimum Gasteiger partial charge on any atom is -0.494 e. The molecule has 4 aromatic heterocycles. The Morgan fingerprint density at radius 2 is 2.06 bits per heavy atom. The molecule has 0 bridgehead atoms. The van der Waals surface area contributed by atoms with Crippen molar-refractivity contribution in [2.24, 2.45) is 0 Å². The van der Waals surface area contributed by atoms with Crippen LogP contribution in [0.4, 0.5) is 13.2 Å². The van der Waals surface area contributed by atoms with E-state index in [-0.39, 0.29) is 23.6 Å². The zero-order chi connectivity index (χ0) is 24.0. The van der Waals surface area contributed by atoms with Crippen LogP contribution in [0.15, 0.2) is 36.8 Å². The molecule has 4 aromatic rings. The molecule has 34 heavy (non-hydrogen) atoms. The largest absolute Gasteiger partial charge is 0.494 e. The highest BCUT2D eigenvalue weighted by atomic mass is 19.4. The van der Waals surface area contributed by atoms with Crippen LogP contribution in [-0.4, -0.2) is 62.5 Å². The van der Waals surface area contributed by atoms with Crippen molar-refractivity contribution in [1.29, 1.82) is 0 Å². The maximum absolute atomic E-state index is 12.6. The summed E-state index contributed by atoms with van der Waals surface area (Å²) in [4.78, 5) is 8.65. The molecule has 0 saturated carbocycles. The average Bonchev–Trinajstić information content (AvgIpc) is 3.35. The molecule has 1 fully saturated rings. The minimum atomic E-state index is -4.51. The Morgan fingerprint density at radius 1 is 1.26 bits per heavy atom. The van der Waals surface area contributed by atoms with Gasteiger partial charge in [-0.2, -0.15) is 18.3 Å². The van der Waals surface area contributed by atoms with E-state index < -0.39 is 12.8 Å². The van der Waals surface area contributed by atoms with Crippen molar-refractivity contribution in [2.45, 2.75) is 19.1 Å².